The van der Waals surface area contributed by atoms with E-state index in [-0.39, 0.29) is 11.6 Å². The number of urea groups is 1. The van der Waals surface area contributed by atoms with E-state index in [1.165, 1.54) is 5.56 Å². The minimum absolute atomic E-state index is 0.0655. The Morgan fingerprint density at radius 3 is 2.69 bits per heavy atom. The van der Waals surface area contributed by atoms with Crippen LogP contribution < -0.4 is 15.4 Å². The summed E-state index contributed by atoms with van der Waals surface area (Å²) in [6, 6.07) is 12.1. The smallest absolute Gasteiger partial charge is 0.318 e. The lowest BCUT2D eigenvalue weighted by Crippen LogP contribution is -2.50. The number of nitrogens with one attached hydrogen (secondary N) is 2. The van der Waals surface area contributed by atoms with Crippen LogP contribution in [0.1, 0.15) is 37.5 Å². The second kappa shape index (κ2) is 8.55. The average Bonchev–Trinajstić information content (AvgIpc) is 2.70. The van der Waals surface area contributed by atoms with Gasteiger partial charge in [-0.25, -0.2) is 4.79 Å². The maximum absolute atomic E-state index is 12.7. The van der Waals surface area contributed by atoms with E-state index in [1.54, 1.807) is 7.11 Å². The summed E-state index contributed by atoms with van der Waals surface area (Å²) in [4.78, 5) is 25.4. The summed E-state index contributed by atoms with van der Waals surface area (Å²) < 4.78 is 5.38. The van der Waals surface area contributed by atoms with Crippen LogP contribution in [-0.2, 0) is 24.3 Å². The monoisotopic (exact) mass is 395 g/mol. The first-order valence-corrected chi connectivity index (χ1v) is 9.84. The number of carbonyl (C=O) groups is 2. The van der Waals surface area contributed by atoms with Gasteiger partial charge in [-0.1, -0.05) is 24.3 Å². The minimum Gasteiger partial charge on any atom is -0.497 e. The third-order valence-electron chi connectivity index (χ3n) is 5.03. The first-order chi connectivity index (χ1) is 13.8. The summed E-state index contributed by atoms with van der Waals surface area (Å²) in [5.41, 5.74) is 5.31. The van der Waals surface area contributed by atoms with Gasteiger partial charge in [-0.05, 0) is 67.1 Å². The van der Waals surface area contributed by atoms with E-state index in [0.29, 0.717) is 26.0 Å². The number of benzene rings is 2. The molecule has 0 bridgehead atoms. The third kappa shape index (κ3) is 4.88. The van der Waals surface area contributed by atoms with Gasteiger partial charge < -0.3 is 20.3 Å². The normalized spacial score (nSPS) is 13.4. The molecule has 0 unspecified atom stereocenters. The summed E-state index contributed by atoms with van der Waals surface area (Å²) in [5, 5.41) is 5.80. The van der Waals surface area contributed by atoms with Gasteiger partial charge in [0, 0.05) is 25.2 Å². The highest BCUT2D eigenvalue weighted by Crippen LogP contribution is 2.34. The second-order valence-electron chi connectivity index (χ2n) is 8.31. The topological polar surface area (TPSA) is 70.7 Å². The Morgan fingerprint density at radius 1 is 1.21 bits per heavy atom. The number of hydrogen-bond acceptors (Lipinski definition) is 3. The van der Waals surface area contributed by atoms with E-state index in [1.807, 2.05) is 49.9 Å². The molecule has 3 amide bonds. The largest absolute Gasteiger partial charge is 0.497 e. The zero-order valence-corrected chi connectivity index (χ0v) is 17.5. The Kier molecular flexibility index (Phi) is 6.11. The van der Waals surface area contributed by atoms with E-state index in [2.05, 4.69) is 22.8 Å². The number of rotatable bonds is 5. The van der Waals surface area contributed by atoms with Crippen molar-refractivity contribution in [1.29, 1.82) is 0 Å². The molecule has 154 valence electrons. The van der Waals surface area contributed by atoms with Crippen LogP contribution in [0.15, 0.2) is 36.4 Å². The quantitative estimate of drug-likeness (QED) is 0.762. The van der Waals surface area contributed by atoms with Crippen LogP contribution >= 0.6 is 0 Å². The molecule has 2 aromatic carbocycles. The Bertz CT molecular complexity index is 903. The van der Waals surface area contributed by atoms with Crippen LogP contribution in [0.5, 0.6) is 5.75 Å². The van der Waals surface area contributed by atoms with Gasteiger partial charge in [0.1, 0.15) is 5.75 Å². The average molecular weight is 396 g/mol. The van der Waals surface area contributed by atoms with Crippen LogP contribution in [0, 0.1) is 0 Å². The standard InChI is InChI=1S/C23H29N3O3/c1-23(2,3)25-22(28)26-11-10-20-19(16-6-5-7-18(12-16)29-4)9-8-17(13-24-15-27)21(20)14-26/h5-9,12,15H,10-11,13-14H2,1-4H3,(H,24,27)(H,25,28). The van der Waals surface area contributed by atoms with E-state index in [9.17, 15) is 9.59 Å². The molecule has 3 rings (SSSR count). The molecule has 2 aromatic rings. The van der Waals surface area contributed by atoms with Crippen molar-refractivity contribution in [3.8, 4) is 16.9 Å². The molecule has 0 saturated heterocycles. The lowest BCUT2D eigenvalue weighted by molar-refractivity contribution is -0.109. The lowest BCUT2D eigenvalue weighted by Gasteiger charge is -2.34. The SMILES string of the molecule is COc1cccc(-c2ccc(CNC=O)c3c2CCN(C(=O)NC(C)(C)C)C3)c1. The number of amides is 3. The molecule has 1 aliphatic heterocycles. The van der Waals surface area contributed by atoms with Gasteiger partial charge in [-0.3, -0.25) is 4.79 Å². The summed E-state index contributed by atoms with van der Waals surface area (Å²) in [6.07, 6.45) is 1.46. The highest BCUT2D eigenvalue weighted by atomic mass is 16.5. The summed E-state index contributed by atoms with van der Waals surface area (Å²) in [6.45, 7) is 7.54. The van der Waals surface area contributed by atoms with Crippen molar-refractivity contribution < 1.29 is 14.3 Å². The predicted molar refractivity (Wildman–Crippen MR) is 114 cm³/mol. The van der Waals surface area contributed by atoms with E-state index in [0.717, 1.165) is 34.4 Å². The molecule has 1 aliphatic rings. The van der Waals surface area contributed by atoms with Gasteiger partial charge in [-0.2, -0.15) is 0 Å². The minimum atomic E-state index is -0.290. The van der Waals surface area contributed by atoms with Gasteiger partial charge in [0.2, 0.25) is 6.41 Å². The van der Waals surface area contributed by atoms with Gasteiger partial charge in [-0.15, -0.1) is 0 Å². The van der Waals surface area contributed by atoms with Crippen molar-refractivity contribution in [2.75, 3.05) is 13.7 Å². The van der Waals surface area contributed by atoms with E-state index in [4.69, 9.17) is 4.74 Å². The third-order valence-corrected chi connectivity index (χ3v) is 5.03. The van der Waals surface area contributed by atoms with Crippen molar-refractivity contribution in [2.45, 2.75) is 45.8 Å². The molecule has 0 radical (unpaired) electrons. The maximum atomic E-state index is 12.7. The number of ether oxygens (including phenoxy) is 1. The molecule has 0 aliphatic carbocycles. The van der Waals surface area contributed by atoms with Crippen molar-refractivity contribution in [1.82, 2.24) is 15.5 Å². The van der Waals surface area contributed by atoms with Crippen LogP contribution in [0.2, 0.25) is 0 Å². The van der Waals surface area contributed by atoms with Crippen molar-refractivity contribution in [2.24, 2.45) is 0 Å². The molecule has 6 heteroatoms. The Hall–Kier alpha value is -3.02. The molecule has 0 atom stereocenters. The number of hydrogen-bond donors (Lipinski definition) is 2. The van der Waals surface area contributed by atoms with Crippen molar-refractivity contribution in [3.63, 3.8) is 0 Å². The van der Waals surface area contributed by atoms with Crippen LogP contribution in [0.3, 0.4) is 0 Å². The van der Waals surface area contributed by atoms with Gasteiger partial charge in [0.15, 0.2) is 0 Å². The zero-order valence-electron chi connectivity index (χ0n) is 17.5. The Labute approximate surface area is 172 Å². The summed E-state index contributed by atoms with van der Waals surface area (Å²) in [7, 11) is 1.66. The fraction of sp³-hybridized carbons (Fsp3) is 0.391. The van der Waals surface area contributed by atoms with Crippen LogP contribution in [0.25, 0.3) is 11.1 Å². The van der Waals surface area contributed by atoms with Crippen molar-refractivity contribution >= 4 is 12.4 Å². The van der Waals surface area contributed by atoms with Gasteiger partial charge in [0.05, 0.1) is 7.11 Å². The molecule has 1 heterocycles. The molecule has 2 N–H and O–H groups in total. The van der Waals surface area contributed by atoms with Gasteiger partial charge in [0.25, 0.3) is 0 Å². The summed E-state index contributed by atoms with van der Waals surface area (Å²) in [5.74, 6) is 0.810. The molecular weight excluding hydrogens is 366 g/mol. The number of nitrogens with zero attached hydrogens (tertiary/aromatic N) is 1. The van der Waals surface area contributed by atoms with Crippen LogP contribution in [-0.4, -0.2) is 36.5 Å². The predicted octanol–water partition coefficient (Wildman–Crippen LogP) is 3.47. The fourth-order valence-electron chi connectivity index (χ4n) is 3.69. The Morgan fingerprint density at radius 2 is 2.00 bits per heavy atom. The number of carbonyl (C=O) groups excluding carboxylic acids is 2. The molecular formula is C23H29N3O3. The fourth-order valence-corrected chi connectivity index (χ4v) is 3.69. The maximum Gasteiger partial charge on any atom is 0.318 e. The van der Waals surface area contributed by atoms with Crippen LogP contribution in [0.4, 0.5) is 4.79 Å². The summed E-state index contributed by atoms with van der Waals surface area (Å²) >= 11 is 0. The molecule has 0 aromatic heterocycles. The number of methoxy groups -OCH3 is 1. The number of fused-ring (bicyclic) bond motifs is 1. The van der Waals surface area contributed by atoms with Gasteiger partial charge >= 0.3 is 6.03 Å². The molecule has 6 nitrogen and oxygen atoms in total. The first kappa shape index (κ1) is 20.7. The highest BCUT2D eigenvalue weighted by molar-refractivity contribution is 5.77. The first-order valence-electron chi connectivity index (χ1n) is 9.84. The van der Waals surface area contributed by atoms with E-state index >= 15 is 0 Å². The molecule has 0 fully saturated rings. The Balaban J connectivity index is 1.99. The van der Waals surface area contributed by atoms with E-state index < -0.39 is 0 Å². The molecule has 0 saturated carbocycles. The van der Waals surface area contributed by atoms with Crippen molar-refractivity contribution in [3.05, 3.63) is 53.1 Å². The molecule has 29 heavy (non-hydrogen) atoms. The molecule has 0 spiro atoms. The second-order valence-corrected chi connectivity index (χ2v) is 8.31. The zero-order chi connectivity index (χ0) is 21.0. The lowest BCUT2D eigenvalue weighted by atomic mass is 9.87. The highest BCUT2D eigenvalue weighted by Gasteiger charge is 2.27.